The lowest BCUT2D eigenvalue weighted by atomic mass is 9.98. The average Bonchev–Trinajstić information content (AvgIpc) is 2.20. The Labute approximate surface area is 89.0 Å². The second-order valence-corrected chi connectivity index (χ2v) is 3.14. The van der Waals surface area contributed by atoms with Gasteiger partial charge in [-0.1, -0.05) is 0 Å². The lowest BCUT2D eigenvalue weighted by Crippen LogP contribution is -2.21. The number of alkyl halides is 2. The Hall–Kier alpha value is -1.63. The molecule has 88 valence electrons. The van der Waals surface area contributed by atoms with E-state index >= 15 is 0 Å². The molecule has 0 radical (unpaired) electrons. The van der Waals surface area contributed by atoms with E-state index in [1.807, 2.05) is 0 Å². The van der Waals surface area contributed by atoms with E-state index in [9.17, 15) is 23.3 Å². The summed E-state index contributed by atoms with van der Waals surface area (Å²) in [5.74, 6) is -2.44. The molecule has 0 fully saturated rings. The summed E-state index contributed by atoms with van der Waals surface area (Å²) in [7, 11) is 0. The minimum atomic E-state index is -2.86. The fourth-order valence-corrected chi connectivity index (χ4v) is 1.29. The van der Waals surface area contributed by atoms with Crippen LogP contribution in [-0.2, 0) is 0 Å². The van der Waals surface area contributed by atoms with Gasteiger partial charge in [-0.25, -0.2) is 13.2 Å². The van der Waals surface area contributed by atoms with Gasteiger partial charge >= 0.3 is 0 Å². The monoisotopic (exact) mass is 234 g/mol. The van der Waals surface area contributed by atoms with Crippen LogP contribution in [0.15, 0.2) is 18.2 Å². The average molecular weight is 234 g/mol. The van der Waals surface area contributed by atoms with Crippen molar-refractivity contribution in [1.29, 1.82) is 0 Å². The van der Waals surface area contributed by atoms with Crippen LogP contribution in [0.4, 0.5) is 18.9 Å². The van der Waals surface area contributed by atoms with Gasteiger partial charge in [-0.05, 0) is 6.07 Å². The molecule has 0 bridgehead atoms. The van der Waals surface area contributed by atoms with Crippen molar-refractivity contribution in [2.75, 3.05) is 6.54 Å². The molecule has 4 nitrogen and oxygen atoms in total. The maximum Gasteiger partial charge on any atom is 0.269 e. The molecule has 1 rings (SSSR count). The molecule has 0 aromatic heterocycles. The van der Waals surface area contributed by atoms with Crippen LogP contribution in [-0.4, -0.2) is 17.9 Å². The second-order valence-electron chi connectivity index (χ2n) is 3.14. The summed E-state index contributed by atoms with van der Waals surface area (Å²) in [6.45, 7) is -0.476. The van der Waals surface area contributed by atoms with Gasteiger partial charge < -0.3 is 5.73 Å². The van der Waals surface area contributed by atoms with Crippen LogP contribution in [0.5, 0.6) is 0 Å². The Kier molecular flexibility index (Phi) is 3.83. The Morgan fingerprint density at radius 3 is 2.50 bits per heavy atom. The van der Waals surface area contributed by atoms with E-state index in [1.54, 1.807) is 0 Å². The number of halogens is 3. The minimum Gasteiger partial charge on any atom is -0.330 e. The molecule has 1 aromatic carbocycles. The highest BCUT2D eigenvalue weighted by atomic mass is 19.3. The molecule has 0 heterocycles. The lowest BCUT2D eigenvalue weighted by molar-refractivity contribution is -0.385. The van der Waals surface area contributed by atoms with Crippen molar-refractivity contribution >= 4 is 5.69 Å². The maximum atomic E-state index is 13.2. The number of nitrogens with two attached hydrogens (primary N) is 1. The third kappa shape index (κ3) is 2.48. The highest BCUT2D eigenvalue weighted by molar-refractivity contribution is 5.37. The molecule has 0 aliphatic rings. The number of nitrogens with zero attached hydrogens (tertiary/aromatic N) is 1. The van der Waals surface area contributed by atoms with E-state index in [2.05, 4.69) is 0 Å². The van der Waals surface area contributed by atoms with Gasteiger partial charge in [0.1, 0.15) is 5.82 Å². The van der Waals surface area contributed by atoms with Crippen molar-refractivity contribution in [1.82, 2.24) is 0 Å². The van der Waals surface area contributed by atoms with Crippen molar-refractivity contribution in [2.45, 2.75) is 12.3 Å². The van der Waals surface area contributed by atoms with E-state index in [4.69, 9.17) is 5.73 Å². The molecular weight excluding hydrogens is 225 g/mol. The summed E-state index contributed by atoms with van der Waals surface area (Å²) < 4.78 is 38.2. The highest BCUT2D eigenvalue weighted by Gasteiger charge is 2.25. The Bertz CT molecular complexity index is 398. The number of rotatable bonds is 4. The van der Waals surface area contributed by atoms with Crippen LogP contribution in [0.1, 0.15) is 11.5 Å². The number of hydrogen-bond acceptors (Lipinski definition) is 3. The Morgan fingerprint density at radius 1 is 1.44 bits per heavy atom. The van der Waals surface area contributed by atoms with Crippen LogP contribution in [0.25, 0.3) is 0 Å². The highest BCUT2D eigenvalue weighted by Crippen LogP contribution is 2.27. The fraction of sp³-hybridized carbons (Fsp3) is 0.333. The standard InChI is InChI=1S/C9H9F3N2O2/c10-8-2-1-5(14(15)16)3-6(8)7(4-13)9(11)12/h1-3,7,9H,4,13H2. The van der Waals surface area contributed by atoms with Crippen molar-refractivity contribution in [3.8, 4) is 0 Å². The normalized spacial score (nSPS) is 12.8. The first kappa shape index (κ1) is 12.4. The summed E-state index contributed by atoms with van der Waals surface area (Å²) in [4.78, 5) is 9.63. The van der Waals surface area contributed by atoms with Gasteiger partial charge in [-0.3, -0.25) is 10.1 Å². The number of hydrogen-bond donors (Lipinski definition) is 1. The van der Waals surface area contributed by atoms with E-state index in [1.165, 1.54) is 0 Å². The number of nitro benzene ring substituents is 1. The predicted molar refractivity (Wildman–Crippen MR) is 50.9 cm³/mol. The Balaban J connectivity index is 3.19. The third-order valence-corrected chi connectivity index (χ3v) is 2.15. The van der Waals surface area contributed by atoms with E-state index in [0.29, 0.717) is 0 Å². The molecule has 0 saturated carbocycles. The largest absolute Gasteiger partial charge is 0.330 e. The molecule has 0 amide bonds. The van der Waals surface area contributed by atoms with Crippen molar-refractivity contribution in [3.05, 3.63) is 39.7 Å². The van der Waals surface area contributed by atoms with Gasteiger partial charge in [0.05, 0.1) is 10.8 Å². The van der Waals surface area contributed by atoms with Crippen molar-refractivity contribution < 1.29 is 18.1 Å². The van der Waals surface area contributed by atoms with Gasteiger partial charge in [0, 0.05) is 24.2 Å². The molecule has 0 saturated heterocycles. The summed E-state index contributed by atoms with van der Waals surface area (Å²) in [5, 5.41) is 10.4. The quantitative estimate of drug-likeness (QED) is 0.640. The first-order chi connectivity index (χ1) is 7.47. The predicted octanol–water partition coefficient (Wildman–Crippen LogP) is 2.04. The van der Waals surface area contributed by atoms with Gasteiger partial charge in [0.2, 0.25) is 6.43 Å². The van der Waals surface area contributed by atoms with Gasteiger partial charge in [0.25, 0.3) is 5.69 Å². The zero-order chi connectivity index (χ0) is 12.3. The molecular formula is C9H9F3N2O2. The van der Waals surface area contributed by atoms with Crippen LogP contribution in [0.3, 0.4) is 0 Å². The smallest absolute Gasteiger partial charge is 0.269 e. The van der Waals surface area contributed by atoms with Crippen molar-refractivity contribution in [3.63, 3.8) is 0 Å². The SMILES string of the molecule is NCC(c1cc([N+](=O)[O-])ccc1F)C(F)F. The molecule has 1 atom stereocenters. The summed E-state index contributed by atoms with van der Waals surface area (Å²) in [6, 6.07) is 2.50. The van der Waals surface area contributed by atoms with Crippen LogP contribution < -0.4 is 5.73 Å². The molecule has 0 aliphatic carbocycles. The van der Waals surface area contributed by atoms with E-state index in [0.717, 1.165) is 18.2 Å². The number of benzene rings is 1. The van der Waals surface area contributed by atoms with Gasteiger partial charge in [-0.2, -0.15) is 0 Å². The second kappa shape index (κ2) is 4.93. The summed E-state index contributed by atoms with van der Waals surface area (Å²) >= 11 is 0. The van der Waals surface area contributed by atoms with Gasteiger partial charge in [-0.15, -0.1) is 0 Å². The fourth-order valence-electron chi connectivity index (χ4n) is 1.29. The number of nitro groups is 1. The van der Waals surface area contributed by atoms with E-state index < -0.39 is 40.9 Å². The van der Waals surface area contributed by atoms with Crippen LogP contribution in [0, 0.1) is 15.9 Å². The Morgan fingerprint density at radius 2 is 2.06 bits per heavy atom. The van der Waals surface area contributed by atoms with Crippen LogP contribution >= 0.6 is 0 Å². The lowest BCUT2D eigenvalue weighted by Gasteiger charge is -2.14. The number of non-ortho nitro benzene ring substituents is 1. The molecule has 1 aromatic rings. The first-order valence-corrected chi connectivity index (χ1v) is 4.39. The summed E-state index contributed by atoms with van der Waals surface area (Å²) in [5.41, 5.74) is 4.23. The van der Waals surface area contributed by atoms with E-state index in [-0.39, 0.29) is 0 Å². The van der Waals surface area contributed by atoms with Gasteiger partial charge in [0.15, 0.2) is 0 Å². The molecule has 1 unspecified atom stereocenters. The molecule has 7 heteroatoms. The van der Waals surface area contributed by atoms with Crippen LogP contribution in [0.2, 0.25) is 0 Å². The maximum absolute atomic E-state index is 13.2. The topological polar surface area (TPSA) is 69.2 Å². The van der Waals surface area contributed by atoms with Crippen molar-refractivity contribution in [2.24, 2.45) is 5.73 Å². The molecule has 2 N–H and O–H groups in total. The zero-order valence-electron chi connectivity index (χ0n) is 8.07. The molecule has 0 aliphatic heterocycles. The molecule has 0 spiro atoms. The first-order valence-electron chi connectivity index (χ1n) is 4.39. The third-order valence-electron chi connectivity index (χ3n) is 2.15. The summed E-state index contributed by atoms with van der Waals surface area (Å²) in [6.07, 6.45) is -2.86. The minimum absolute atomic E-state index is 0.424. The molecule has 16 heavy (non-hydrogen) atoms. The zero-order valence-corrected chi connectivity index (χ0v) is 8.07.